The van der Waals surface area contributed by atoms with Crippen LogP contribution >= 0.6 is 0 Å². The van der Waals surface area contributed by atoms with Gasteiger partial charge in [0.25, 0.3) is 11.4 Å². The topological polar surface area (TPSA) is 150 Å². The van der Waals surface area contributed by atoms with Gasteiger partial charge < -0.3 is 9.84 Å². The number of hydrogen-bond donors (Lipinski definition) is 1. The maximum atomic E-state index is 13.1. The third-order valence-corrected chi connectivity index (χ3v) is 6.38. The molecule has 0 bridgehead atoms. The summed E-state index contributed by atoms with van der Waals surface area (Å²) in [4.78, 5) is 48.4. The zero-order valence-electron chi connectivity index (χ0n) is 18.9. The molecule has 0 aliphatic carbocycles. The minimum Gasteiger partial charge on any atom is -0.478 e. The van der Waals surface area contributed by atoms with Gasteiger partial charge in [0.2, 0.25) is 0 Å². The molecular formula is C26H18N2O8. The van der Waals surface area contributed by atoms with E-state index in [-0.39, 0.29) is 33.7 Å². The van der Waals surface area contributed by atoms with E-state index in [0.717, 1.165) is 18.6 Å². The Balaban J connectivity index is 2.13. The van der Waals surface area contributed by atoms with Gasteiger partial charge in [-0.3, -0.25) is 20.2 Å². The lowest BCUT2D eigenvalue weighted by Crippen LogP contribution is -2.11. The highest BCUT2D eigenvalue weighted by Crippen LogP contribution is 2.49. The van der Waals surface area contributed by atoms with Gasteiger partial charge in [0.15, 0.2) is 0 Å². The predicted octanol–water partition coefficient (Wildman–Crippen LogP) is 6.21. The van der Waals surface area contributed by atoms with Crippen LogP contribution in [0, 0.1) is 20.2 Å². The van der Waals surface area contributed by atoms with E-state index in [4.69, 9.17) is 4.74 Å². The molecule has 1 N–H and O–H groups in total. The van der Waals surface area contributed by atoms with Gasteiger partial charge in [-0.1, -0.05) is 49.7 Å². The van der Waals surface area contributed by atoms with Gasteiger partial charge in [-0.15, -0.1) is 0 Å². The molecule has 5 aromatic carbocycles. The third-order valence-electron chi connectivity index (χ3n) is 6.38. The molecule has 0 radical (unpaired) electrons. The lowest BCUT2D eigenvalue weighted by atomic mass is 9.85. The standard InChI is InChI=1S/C26H18N2O8/c1-2-3-10-36-26(31)17-12-19(28(34)35)23-15-9-5-7-13-6-4-8-14(20(13)15)22-18(27(32)33)11-16(25(29)30)21(17)24(22)23/h4-9,11-12H,2-3,10H2,1H3,(H,29,30). The largest absolute Gasteiger partial charge is 0.478 e. The van der Waals surface area contributed by atoms with Crippen LogP contribution < -0.4 is 0 Å². The number of rotatable bonds is 7. The molecule has 0 heterocycles. The highest BCUT2D eigenvalue weighted by Gasteiger charge is 2.33. The second-order valence-electron chi connectivity index (χ2n) is 8.40. The fourth-order valence-corrected chi connectivity index (χ4v) is 4.92. The summed E-state index contributed by atoms with van der Waals surface area (Å²) >= 11 is 0. The van der Waals surface area contributed by atoms with Crippen molar-refractivity contribution >= 4 is 66.4 Å². The van der Waals surface area contributed by atoms with Crippen LogP contribution in [0.5, 0.6) is 0 Å². The van der Waals surface area contributed by atoms with Crippen LogP contribution in [0.1, 0.15) is 40.5 Å². The Morgan fingerprint density at radius 3 is 1.89 bits per heavy atom. The average molecular weight is 486 g/mol. The first-order chi connectivity index (χ1) is 17.3. The number of unbranched alkanes of at least 4 members (excludes halogenated alkanes) is 1. The highest BCUT2D eigenvalue weighted by atomic mass is 16.6. The van der Waals surface area contributed by atoms with Gasteiger partial charge >= 0.3 is 11.9 Å². The van der Waals surface area contributed by atoms with Crippen molar-refractivity contribution in [2.45, 2.75) is 19.8 Å². The zero-order valence-corrected chi connectivity index (χ0v) is 18.9. The summed E-state index contributed by atoms with van der Waals surface area (Å²) in [5.41, 5.74) is -1.82. The van der Waals surface area contributed by atoms with Crippen LogP contribution in [-0.4, -0.2) is 33.5 Å². The Kier molecular flexibility index (Phi) is 5.36. The number of fused-ring (bicyclic) bond motifs is 2. The molecule has 0 amide bonds. The number of ether oxygens (including phenoxy) is 1. The molecule has 10 nitrogen and oxygen atoms in total. The monoisotopic (exact) mass is 486 g/mol. The van der Waals surface area contributed by atoms with Gasteiger partial charge in [0.05, 0.1) is 38.4 Å². The van der Waals surface area contributed by atoms with Crippen LogP contribution in [0.25, 0.3) is 43.1 Å². The first kappa shape index (κ1) is 22.9. The molecule has 0 fully saturated rings. The van der Waals surface area contributed by atoms with Crippen molar-refractivity contribution in [2.24, 2.45) is 0 Å². The second kappa shape index (κ2) is 8.42. The minimum absolute atomic E-state index is 0.0237. The van der Waals surface area contributed by atoms with E-state index in [1.807, 2.05) is 6.92 Å². The first-order valence-corrected chi connectivity index (χ1v) is 11.2. The summed E-state index contributed by atoms with van der Waals surface area (Å²) in [6.45, 7) is 1.93. The second-order valence-corrected chi connectivity index (χ2v) is 8.40. The van der Waals surface area contributed by atoms with Crippen LogP contribution in [0.15, 0.2) is 48.5 Å². The van der Waals surface area contributed by atoms with Crippen molar-refractivity contribution in [1.82, 2.24) is 0 Å². The Bertz CT molecular complexity index is 1710. The molecule has 36 heavy (non-hydrogen) atoms. The van der Waals surface area contributed by atoms with Crippen molar-refractivity contribution in [3.63, 3.8) is 0 Å². The number of nitro benzene ring substituents is 2. The Hall–Kier alpha value is -4.86. The summed E-state index contributed by atoms with van der Waals surface area (Å²) in [6, 6.07) is 12.2. The number of carboxylic acids is 1. The van der Waals surface area contributed by atoms with E-state index in [1.54, 1.807) is 36.4 Å². The SMILES string of the molecule is CCCCOC(=O)c1cc([N+](=O)[O-])c2c3cccc4cccc(c5c([N+](=O)[O-])cc(C(=O)O)c1c52)c43. The fourth-order valence-electron chi connectivity index (χ4n) is 4.92. The summed E-state index contributed by atoms with van der Waals surface area (Å²) in [5, 5.41) is 36.5. The molecule has 0 aliphatic rings. The Morgan fingerprint density at radius 2 is 1.39 bits per heavy atom. The number of nitro groups is 2. The quantitative estimate of drug-likeness (QED) is 0.0712. The summed E-state index contributed by atoms with van der Waals surface area (Å²) in [7, 11) is 0. The summed E-state index contributed by atoms with van der Waals surface area (Å²) < 4.78 is 5.29. The number of carboxylic acid groups (broad SMARTS) is 1. The third kappa shape index (κ3) is 3.26. The zero-order chi connectivity index (χ0) is 25.7. The molecule has 0 saturated heterocycles. The van der Waals surface area contributed by atoms with Crippen molar-refractivity contribution in [3.8, 4) is 0 Å². The van der Waals surface area contributed by atoms with Crippen molar-refractivity contribution in [1.29, 1.82) is 0 Å². The fraction of sp³-hybridized carbons (Fsp3) is 0.154. The van der Waals surface area contributed by atoms with E-state index in [1.165, 1.54) is 0 Å². The Morgan fingerprint density at radius 1 is 0.833 bits per heavy atom. The van der Waals surface area contributed by atoms with Crippen molar-refractivity contribution in [2.75, 3.05) is 6.61 Å². The molecule has 0 aliphatic heterocycles. The summed E-state index contributed by atoms with van der Waals surface area (Å²) in [6.07, 6.45) is 1.27. The number of nitrogens with zero attached hydrogens (tertiary/aromatic N) is 2. The number of hydrogen-bond acceptors (Lipinski definition) is 7. The first-order valence-electron chi connectivity index (χ1n) is 11.2. The van der Waals surface area contributed by atoms with E-state index < -0.39 is 38.7 Å². The summed E-state index contributed by atoms with van der Waals surface area (Å²) in [5.74, 6) is -2.44. The number of aromatic carboxylic acids is 1. The molecule has 5 aromatic rings. The number of carbonyl (C=O) groups excluding carboxylic acids is 1. The molecule has 0 atom stereocenters. The van der Waals surface area contributed by atoms with E-state index in [0.29, 0.717) is 28.0 Å². The van der Waals surface area contributed by atoms with Gasteiger partial charge in [-0.2, -0.15) is 0 Å². The van der Waals surface area contributed by atoms with Crippen molar-refractivity contribution in [3.05, 3.63) is 79.9 Å². The van der Waals surface area contributed by atoms with E-state index in [2.05, 4.69) is 0 Å². The maximum Gasteiger partial charge on any atom is 0.339 e. The molecule has 5 rings (SSSR count). The lowest BCUT2D eigenvalue weighted by Gasteiger charge is -2.18. The number of non-ortho nitro benzene ring substituents is 2. The van der Waals surface area contributed by atoms with Crippen LogP contribution in [0.2, 0.25) is 0 Å². The number of esters is 1. The molecule has 0 spiro atoms. The molecule has 0 unspecified atom stereocenters. The van der Waals surface area contributed by atoms with Crippen LogP contribution in [0.4, 0.5) is 11.4 Å². The molecular weight excluding hydrogens is 468 g/mol. The lowest BCUT2D eigenvalue weighted by molar-refractivity contribution is -0.383. The maximum absolute atomic E-state index is 13.1. The highest BCUT2D eigenvalue weighted by molar-refractivity contribution is 6.39. The smallest absolute Gasteiger partial charge is 0.339 e. The molecule has 180 valence electrons. The molecule has 0 saturated carbocycles. The number of benzene rings is 5. The van der Waals surface area contributed by atoms with E-state index >= 15 is 0 Å². The molecule has 10 heteroatoms. The van der Waals surface area contributed by atoms with Gasteiger partial charge in [0.1, 0.15) is 0 Å². The van der Waals surface area contributed by atoms with Gasteiger partial charge in [-0.05, 0) is 28.0 Å². The van der Waals surface area contributed by atoms with Gasteiger partial charge in [-0.25, -0.2) is 9.59 Å². The molecule has 0 aromatic heterocycles. The van der Waals surface area contributed by atoms with Gasteiger partial charge in [0, 0.05) is 22.9 Å². The normalized spacial score (nSPS) is 11.5. The van der Waals surface area contributed by atoms with E-state index in [9.17, 15) is 34.9 Å². The van der Waals surface area contributed by atoms with Crippen molar-refractivity contribution < 1.29 is 29.3 Å². The average Bonchev–Trinajstić information content (AvgIpc) is 2.85. The minimum atomic E-state index is -1.51. The Labute approximate surface area is 202 Å². The van der Waals surface area contributed by atoms with Crippen LogP contribution in [0.3, 0.4) is 0 Å². The predicted molar refractivity (Wildman–Crippen MR) is 133 cm³/mol. The van der Waals surface area contributed by atoms with Crippen LogP contribution in [-0.2, 0) is 4.74 Å². The number of carbonyl (C=O) groups is 2.